The fraction of sp³-hybridized carbons (Fsp3) is 0.950. The third kappa shape index (κ3) is 71.7. The maximum Gasteiger partial charge on any atom is 0.305 e. The maximum atomic E-state index is 12.5. The van der Waals surface area contributed by atoms with Crippen molar-refractivity contribution in [3.8, 4) is 0 Å². The molecule has 0 aliphatic heterocycles. The van der Waals surface area contributed by atoms with Crippen molar-refractivity contribution in [3.05, 3.63) is 12.2 Å². The summed E-state index contributed by atoms with van der Waals surface area (Å²) in [6, 6.07) is -0.537. The lowest BCUT2D eigenvalue weighted by Crippen LogP contribution is -2.45. The van der Waals surface area contributed by atoms with E-state index in [0.29, 0.717) is 25.9 Å². The first-order valence-electron chi connectivity index (χ1n) is 39.9. The van der Waals surface area contributed by atoms with Gasteiger partial charge in [0.2, 0.25) is 5.91 Å². The third-order valence-corrected chi connectivity index (χ3v) is 19.1. The number of aliphatic hydroxyl groups excluding tert-OH is 2. The summed E-state index contributed by atoms with van der Waals surface area (Å²) < 4.78 is 5.51. The number of hydrogen-bond acceptors (Lipinski definition) is 5. The minimum absolute atomic E-state index is 0.0271. The lowest BCUT2D eigenvalue weighted by molar-refractivity contribution is -0.143. The second-order valence-corrected chi connectivity index (χ2v) is 27.8. The van der Waals surface area contributed by atoms with E-state index in [9.17, 15) is 19.8 Å². The minimum Gasteiger partial charge on any atom is -0.466 e. The Kier molecular flexibility index (Phi) is 74.8. The van der Waals surface area contributed by atoms with Crippen molar-refractivity contribution in [2.45, 2.75) is 475 Å². The highest BCUT2D eigenvalue weighted by molar-refractivity contribution is 5.76. The van der Waals surface area contributed by atoms with Crippen LogP contribution in [0.4, 0.5) is 0 Å². The van der Waals surface area contributed by atoms with E-state index in [1.54, 1.807) is 0 Å². The average molecular weight is 1210 g/mol. The normalized spacial score (nSPS) is 12.5. The number of esters is 1. The minimum atomic E-state index is -0.660. The largest absolute Gasteiger partial charge is 0.466 e. The van der Waals surface area contributed by atoms with Gasteiger partial charge in [-0.05, 0) is 51.4 Å². The van der Waals surface area contributed by atoms with Crippen molar-refractivity contribution < 1.29 is 24.5 Å². The van der Waals surface area contributed by atoms with E-state index in [1.807, 2.05) is 0 Å². The van der Waals surface area contributed by atoms with Crippen LogP contribution in [0.15, 0.2) is 12.2 Å². The molecule has 512 valence electrons. The van der Waals surface area contributed by atoms with Gasteiger partial charge in [-0.3, -0.25) is 9.59 Å². The summed E-state index contributed by atoms with van der Waals surface area (Å²) in [4.78, 5) is 24.6. The number of rotatable bonds is 76. The first-order chi connectivity index (χ1) is 42.5. The van der Waals surface area contributed by atoms with Crippen LogP contribution >= 0.6 is 0 Å². The lowest BCUT2D eigenvalue weighted by atomic mass is 10.0. The molecule has 0 aromatic rings. The highest BCUT2D eigenvalue weighted by Gasteiger charge is 2.20. The van der Waals surface area contributed by atoms with Crippen LogP contribution in [0, 0.1) is 0 Å². The summed E-state index contributed by atoms with van der Waals surface area (Å²) in [5.74, 6) is -0.0000752. The number of hydrogen-bond donors (Lipinski definition) is 3. The fourth-order valence-electron chi connectivity index (χ4n) is 13.0. The van der Waals surface area contributed by atoms with E-state index in [-0.39, 0.29) is 18.5 Å². The van der Waals surface area contributed by atoms with Crippen molar-refractivity contribution in [1.82, 2.24) is 5.32 Å². The van der Waals surface area contributed by atoms with Gasteiger partial charge < -0.3 is 20.3 Å². The van der Waals surface area contributed by atoms with Crippen LogP contribution in [0.1, 0.15) is 463 Å². The SMILES string of the molecule is CCCCCCCCCCCCCCCCCCC(=O)OCCCCCCCCCCCCCCCCCCCC/C=C\CCCCCCCCCCCCCCCCCCCC(=O)NC(CO)C(O)CCCCCCCCCCCCCCCC. The molecule has 1 amide bonds. The highest BCUT2D eigenvalue weighted by Crippen LogP contribution is 2.20. The third-order valence-electron chi connectivity index (χ3n) is 19.1. The summed E-state index contributed by atoms with van der Waals surface area (Å²) in [6.45, 7) is 5.01. The number of carbonyl (C=O) groups excluding carboxylic acids is 2. The molecule has 0 aromatic heterocycles. The van der Waals surface area contributed by atoms with E-state index >= 15 is 0 Å². The van der Waals surface area contributed by atoms with Crippen molar-refractivity contribution in [1.29, 1.82) is 0 Å². The molecule has 0 saturated carbocycles. The first-order valence-corrected chi connectivity index (χ1v) is 39.9. The summed E-state index contributed by atoms with van der Waals surface area (Å²) in [5.41, 5.74) is 0. The van der Waals surface area contributed by atoms with Gasteiger partial charge in [0.15, 0.2) is 0 Å². The fourth-order valence-corrected chi connectivity index (χ4v) is 13.0. The zero-order chi connectivity index (χ0) is 62.0. The zero-order valence-electron chi connectivity index (χ0n) is 58.8. The summed E-state index contributed by atoms with van der Waals surface area (Å²) in [6.07, 6.45) is 96.1. The molecule has 0 bridgehead atoms. The van der Waals surface area contributed by atoms with Gasteiger partial charge in [-0.25, -0.2) is 0 Å². The second kappa shape index (κ2) is 76.1. The molecule has 2 unspecified atom stereocenters. The van der Waals surface area contributed by atoms with E-state index in [4.69, 9.17) is 4.74 Å². The van der Waals surface area contributed by atoms with Gasteiger partial charge in [0.05, 0.1) is 25.4 Å². The number of carbonyl (C=O) groups is 2. The predicted octanol–water partition coefficient (Wildman–Crippen LogP) is 26.3. The Hall–Kier alpha value is -1.40. The molecule has 86 heavy (non-hydrogen) atoms. The highest BCUT2D eigenvalue weighted by atomic mass is 16.5. The molecule has 0 radical (unpaired) electrons. The predicted molar refractivity (Wildman–Crippen MR) is 380 cm³/mol. The molecule has 0 spiro atoms. The second-order valence-electron chi connectivity index (χ2n) is 27.8. The van der Waals surface area contributed by atoms with E-state index in [2.05, 4.69) is 31.3 Å². The van der Waals surface area contributed by atoms with Crippen LogP contribution in [0.5, 0.6) is 0 Å². The van der Waals surface area contributed by atoms with Crippen LogP contribution in [0.25, 0.3) is 0 Å². The Bertz CT molecular complexity index is 1300. The molecule has 6 heteroatoms. The Labute approximate surface area is 539 Å². The number of allylic oxidation sites excluding steroid dienone is 2. The molecule has 2 atom stereocenters. The van der Waals surface area contributed by atoms with Gasteiger partial charge in [0.25, 0.3) is 0 Å². The number of unbranched alkanes of at least 4 members (excludes halogenated alkanes) is 63. The molecule has 0 aliphatic carbocycles. The van der Waals surface area contributed by atoms with E-state index in [0.717, 1.165) is 38.5 Å². The summed E-state index contributed by atoms with van der Waals surface area (Å²) in [7, 11) is 0. The lowest BCUT2D eigenvalue weighted by Gasteiger charge is -2.22. The number of aliphatic hydroxyl groups is 2. The summed E-state index contributed by atoms with van der Waals surface area (Å²) in [5, 5.41) is 23.3. The number of nitrogens with one attached hydrogen (secondary N) is 1. The molecule has 0 aromatic carbocycles. The van der Waals surface area contributed by atoms with Crippen LogP contribution in [0.2, 0.25) is 0 Å². The molecular weight excluding hydrogens is 1050 g/mol. The first kappa shape index (κ1) is 84.6. The quantitative estimate of drug-likeness (QED) is 0.0320. The Morgan fingerprint density at radius 1 is 0.314 bits per heavy atom. The molecule has 0 rings (SSSR count). The van der Waals surface area contributed by atoms with Gasteiger partial charge in [-0.15, -0.1) is 0 Å². The van der Waals surface area contributed by atoms with Crippen LogP contribution < -0.4 is 5.32 Å². The number of ether oxygens (including phenoxy) is 1. The number of amides is 1. The molecule has 0 saturated heterocycles. The van der Waals surface area contributed by atoms with Crippen molar-refractivity contribution in [2.75, 3.05) is 13.2 Å². The van der Waals surface area contributed by atoms with Gasteiger partial charge >= 0.3 is 5.97 Å². The Morgan fingerprint density at radius 2 is 0.547 bits per heavy atom. The molecule has 3 N–H and O–H groups in total. The monoisotopic (exact) mass is 1210 g/mol. The smallest absolute Gasteiger partial charge is 0.305 e. The van der Waals surface area contributed by atoms with Gasteiger partial charge in [0, 0.05) is 12.8 Å². The average Bonchev–Trinajstić information content (AvgIpc) is 3.51. The molecule has 0 heterocycles. The van der Waals surface area contributed by atoms with E-state index in [1.165, 1.54) is 392 Å². The molecule has 0 aliphatic rings. The van der Waals surface area contributed by atoms with Crippen molar-refractivity contribution in [2.24, 2.45) is 0 Å². The van der Waals surface area contributed by atoms with Crippen LogP contribution in [-0.2, 0) is 14.3 Å². The van der Waals surface area contributed by atoms with Crippen LogP contribution in [-0.4, -0.2) is 47.4 Å². The molecule has 0 fully saturated rings. The molecule has 6 nitrogen and oxygen atoms in total. The van der Waals surface area contributed by atoms with Crippen molar-refractivity contribution >= 4 is 11.9 Å². The molecular formula is C80H157NO5. The van der Waals surface area contributed by atoms with Gasteiger partial charge in [0.1, 0.15) is 0 Å². The maximum absolute atomic E-state index is 12.5. The van der Waals surface area contributed by atoms with Gasteiger partial charge in [-0.2, -0.15) is 0 Å². The van der Waals surface area contributed by atoms with Crippen LogP contribution in [0.3, 0.4) is 0 Å². The summed E-state index contributed by atoms with van der Waals surface area (Å²) >= 11 is 0. The van der Waals surface area contributed by atoms with E-state index < -0.39 is 12.1 Å². The topological polar surface area (TPSA) is 95.9 Å². The standard InChI is InChI=1S/C80H157NO5/c1-3-5-7-9-11-13-15-17-19-46-50-54-58-62-66-70-74-80(85)86-75-71-67-63-59-55-51-47-44-42-40-38-36-34-32-30-28-26-24-22-20-21-23-25-27-29-31-33-35-37-39-41-43-45-49-53-57-61-65-69-73-79(84)81-77(76-82)78(83)72-68-64-60-56-52-48-18-16-14-12-10-8-6-4-2/h20-21,77-78,82-83H,3-19,22-76H2,1-2H3,(H,81,84)/b21-20-. The van der Waals surface area contributed by atoms with Crippen molar-refractivity contribution in [3.63, 3.8) is 0 Å². The Balaban J connectivity index is 3.29. The van der Waals surface area contributed by atoms with Gasteiger partial charge in [-0.1, -0.05) is 411 Å². The zero-order valence-corrected chi connectivity index (χ0v) is 58.8. The Morgan fingerprint density at radius 3 is 0.826 bits per heavy atom.